The van der Waals surface area contributed by atoms with E-state index in [2.05, 4.69) is 10.1 Å². The van der Waals surface area contributed by atoms with Gasteiger partial charge < -0.3 is 19.4 Å². The van der Waals surface area contributed by atoms with Crippen LogP contribution in [0, 0.1) is 0 Å². The van der Waals surface area contributed by atoms with Crippen molar-refractivity contribution in [1.82, 2.24) is 4.98 Å². The second kappa shape index (κ2) is 11.0. The molecule has 0 fully saturated rings. The van der Waals surface area contributed by atoms with Crippen LogP contribution < -0.4 is 4.90 Å². The molecule has 1 aromatic carbocycles. The SMILES string of the molecule is CCOC(=O)/C(=N\O)c1ccc(-c2ccccc2)c(N(C(=O)OC(C)(C)C)C(=O)OC(C)(C)C)n1. The number of esters is 1. The maximum atomic E-state index is 13.2. The highest BCUT2D eigenvalue weighted by molar-refractivity contribution is 6.42. The fourth-order valence-corrected chi connectivity index (χ4v) is 2.85. The topological polar surface area (TPSA) is 128 Å². The van der Waals surface area contributed by atoms with Gasteiger partial charge >= 0.3 is 18.2 Å². The highest BCUT2D eigenvalue weighted by Gasteiger charge is 2.36. The lowest BCUT2D eigenvalue weighted by Gasteiger charge is -2.29. The first-order valence-corrected chi connectivity index (χ1v) is 11.0. The van der Waals surface area contributed by atoms with E-state index >= 15 is 0 Å². The number of carbonyl (C=O) groups excluding carboxylic acids is 3. The lowest BCUT2D eigenvalue weighted by atomic mass is 10.0. The molecule has 2 aromatic rings. The van der Waals surface area contributed by atoms with Crippen LogP contribution in [-0.2, 0) is 19.0 Å². The molecule has 0 spiro atoms. The van der Waals surface area contributed by atoms with E-state index < -0.39 is 35.1 Å². The summed E-state index contributed by atoms with van der Waals surface area (Å²) < 4.78 is 15.9. The van der Waals surface area contributed by atoms with Gasteiger partial charge in [0.15, 0.2) is 5.82 Å². The Labute approximate surface area is 204 Å². The van der Waals surface area contributed by atoms with Crippen molar-refractivity contribution in [2.75, 3.05) is 11.5 Å². The van der Waals surface area contributed by atoms with Crippen molar-refractivity contribution < 1.29 is 33.8 Å². The zero-order valence-corrected chi connectivity index (χ0v) is 21.0. The third-order valence-corrected chi connectivity index (χ3v) is 4.14. The van der Waals surface area contributed by atoms with Gasteiger partial charge in [-0.2, -0.15) is 4.90 Å². The van der Waals surface area contributed by atoms with E-state index in [0.717, 1.165) is 0 Å². The summed E-state index contributed by atoms with van der Waals surface area (Å²) in [7, 11) is 0. The number of oxime groups is 1. The number of pyridine rings is 1. The molecule has 0 atom stereocenters. The van der Waals surface area contributed by atoms with Crippen molar-refractivity contribution in [2.45, 2.75) is 59.7 Å². The molecule has 1 N–H and O–H groups in total. The first-order chi connectivity index (χ1) is 16.3. The summed E-state index contributed by atoms with van der Waals surface area (Å²) >= 11 is 0. The Bertz CT molecular complexity index is 1070. The molecule has 0 radical (unpaired) electrons. The lowest BCUT2D eigenvalue weighted by Crippen LogP contribution is -2.44. The molecule has 2 rings (SSSR count). The molecule has 0 aliphatic carbocycles. The van der Waals surface area contributed by atoms with Crippen LogP contribution in [-0.4, -0.2) is 51.9 Å². The van der Waals surface area contributed by atoms with Gasteiger partial charge in [0.25, 0.3) is 0 Å². The second-order valence-corrected chi connectivity index (χ2v) is 9.40. The monoisotopic (exact) mass is 485 g/mol. The molecule has 35 heavy (non-hydrogen) atoms. The van der Waals surface area contributed by atoms with Crippen LogP contribution in [0.3, 0.4) is 0 Å². The van der Waals surface area contributed by atoms with Crippen LogP contribution in [0.1, 0.15) is 54.2 Å². The summed E-state index contributed by atoms with van der Waals surface area (Å²) in [6.07, 6.45) is -2.07. The first kappa shape index (κ1) is 27.3. The van der Waals surface area contributed by atoms with E-state index in [9.17, 15) is 19.6 Å². The quantitative estimate of drug-likeness (QED) is 0.202. The zero-order chi connectivity index (χ0) is 26.4. The molecule has 10 heteroatoms. The van der Waals surface area contributed by atoms with Crippen molar-refractivity contribution in [3.63, 3.8) is 0 Å². The number of carbonyl (C=O) groups is 3. The lowest BCUT2D eigenvalue weighted by molar-refractivity contribution is -0.135. The summed E-state index contributed by atoms with van der Waals surface area (Å²) in [5.74, 6) is -1.11. The summed E-state index contributed by atoms with van der Waals surface area (Å²) in [5.41, 5.74) is -1.52. The largest absolute Gasteiger partial charge is 0.461 e. The Balaban J connectivity index is 2.79. The third kappa shape index (κ3) is 7.53. The molecule has 10 nitrogen and oxygen atoms in total. The fourth-order valence-electron chi connectivity index (χ4n) is 2.85. The molecule has 0 saturated carbocycles. The first-order valence-electron chi connectivity index (χ1n) is 11.0. The summed E-state index contributed by atoms with van der Waals surface area (Å²) in [6.45, 7) is 11.5. The van der Waals surface area contributed by atoms with Gasteiger partial charge in [-0.1, -0.05) is 35.5 Å². The van der Waals surface area contributed by atoms with E-state index in [1.807, 2.05) is 6.07 Å². The molecule has 1 aromatic heterocycles. The minimum absolute atomic E-state index is 0.0365. The highest BCUT2D eigenvalue weighted by Crippen LogP contribution is 2.32. The molecular formula is C25H31N3O7. The number of hydrogen-bond acceptors (Lipinski definition) is 9. The normalized spacial score (nSPS) is 12.0. The number of benzene rings is 1. The molecule has 0 aliphatic heterocycles. The zero-order valence-electron chi connectivity index (χ0n) is 21.0. The van der Waals surface area contributed by atoms with Crippen LogP contribution in [0.5, 0.6) is 0 Å². The summed E-state index contributed by atoms with van der Waals surface area (Å²) in [4.78, 5) is 43.8. The van der Waals surface area contributed by atoms with Gasteiger partial charge in [0.2, 0.25) is 5.71 Å². The Kier molecular flexibility index (Phi) is 8.57. The smallest absolute Gasteiger partial charge is 0.425 e. The van der Waals surface area contributed by atoms with Crippen LogP contribution in [0.25, 0.3) is 11.1 Å². The molecule has 0 unspecified atom stereocenters. The molecule has 2 amide bonds. The van der Waals surface area contributed by atoms with Gasteiger partial charge in [0, 0.05) is 5.56 Å². The van der Waals surface area contributed by atoms with Gasteiger partial charge in [0.1, 0.15) is 16.9 Å². The number of imide groups is 1. The Hall–Kier alpha value is -3.95. The molecule has 0 saturated heterocycles. The van der Waals surface area contributed by atoms with E-state index in [1.165, 1.54) is 6.07 Å². The van der Waals surface area contributed by atoms with Gasteiger partial charge in [-0.25, -0.2) is 19.4 Å². The number of anilines is 1. The van der Waals surface area contributed by atoms with Crippen molar-refractivity contribution in [1.29, 1.82) is 0 Å². The molecule has 0 bridgehead atoms. The Morgan fingerprint density at radius 2 is 1.46 bits per heavy atom. The molecular weight excluding hydrogens is 454 g/mol. The minimum Gasteiger partial charge on any atom is -0.461 e. The predicted molar refractivity (Wildman–Crippen MR) is 130 cm³/mol. The van der Waals surface area contributed by atoms with Crippen molar-refractivity contribution >= 4 is 29.7 Å². The summed E-state index contributed by atoms with van der Waals surface area (Å²) in [5, 5.41) is 12.5. The van der Waals surface area contributed by atoms with Crippen LogP contribution in [0.4, 0.5) is 15.4 Å². The van der Waals surface area contributed by atoms with E-state index in [-0.39, 0.29) is 18.1 Å². The van der Waals surface area contributed by atoms with Gasteiger partial charge in [0.05, 0.1) is 6.61 Å². The van der Waals surface area contributed by atoms with E-state index in [1.54, 1.807) is 78.8 Å². The Morgan fingerprint density at radius 3 is 1.91 bits per heavy atom. The van der Waals surface area contributed by atoms with Gasteiger partial charge in [-0.15, -0.1) is 0 Å². The fraction of sp³-hybridized carbons (Fsp3) is 0.400. The highest BCUT2D eigenvalue weighted by atomic mass is 16.6. The van der Waals surface area contributed by atoms with Crippen molar-refractivity contribution in [2.24, 2.45) is 5.16 Å². The number of aromatic nitrogens is 1. The van der Waals surface area contributed by atoms with E-state index in [0.29, 0.717) is 16.0 Å². The average molecular weight is 486 g/mol. The second-order valence-electron chi connectivity index (χ2n) is 9.40. The number of nitrogens with zero attached hydrogens (tertiary/aromatic N) is 3. The van der Waals surface area contributed by atoms with Crippen LogP contribution in [0.15, 0.2) is 47.6 Å². The Morgan fingerprint density at radius 1 is 0.914 bits per heavy atom. The standard InChI is InChI=1S/C25H31N3O7/c1-8-33-21(29)19(27-32)18-15-14-17(16-12-10-9-11-13-16)20(26-18)28(22(30)34-24(2,3)4)23(31)35-25(5,6)7/h9-15,32H,8H2,1-7H3/b27-19-. The van der Waals surface area contributed by atoms with Gasteiger partial charge in [-0.05, 0) is 66.2 Å². The van der Waals surface area contributed by atoms with E-state index in [4.69, 9.17) is 14.2 Å². The van der Waals surface area contributed by atoms with Gasteiger partial charge in [-0.3, -0.25) is 0 Å². The molecule has 1 heterocycles. The van der Waals surface area contributed by atoms with Crippen LogP contribution >= 0.6 is 0 Å². The molecule has 0 aliphatic rings. The minimum atomic E-state index is -1.03. The number of ether oxygens (including phenoxy) is 3. The molecule has 188 valence electrons. The predicted octanol–water partition coefficient (Wildman–Crippen LogP) is 5.17. The number of rotatable bonds is 5. The maximum absolute atomic E-state index is 13.2. The van der Waals surface area contributed by atoms with Crippen LogP contribution in [0.2, 0.25) is 0 Å². The maximum Gasteiger partial charge on any atom is 0.425 e. The number of hydrogen-bond donors (Lipinski definition) is 1. The number of amides is 2. The van der Waals surface area contributed by atoms with Crippen molar-refractivity contribution in [3.05, 3.63) is 48.2 Å². The average Bonchev–Trinajstić information content (AvgIpc) is 2.73. The summed E-state index contributed by atoms with van der Waals surface area (Å²) in [6, 6.07) is 11.8. The third-order valence-electron chi connectivity index (χ3n) is 4.14. The van der Waals surface area contributed by atoms with Crippen molar-refractivity contribution in [3.8, 4) is 11.1 Å².